The van der Waals surface area contributed by atoms with Gasteiger partial charge in [0.05, 0.1) is 0 Å². The molecule has 0 aliphatic heterocycles. The second-order valence-corrected chi connectivity index (χ2v) is 5.49. The third-order valence-electron chi connectivity index (χ3n) is 4.67. The van der Waals surface area contributed by atoms with Crippen LogP contribution in [0.1, 0.15) is 80.1 Å². The Kier molecular flexibility index (Phi) is 9.07. The maximum absolute atomic E-state index is 2.46. The van der Waals surface area contributed by atoms with Crippen LogP contribution in [0, 0.1) is 23.7 Å². The van der Waals surface area contributed by atoms with Crippen LogP contribution in [0.3, 0.4) is 0 Å². The molecule has 0 spiro atoms. The summed E-state index contributed by atoms with van der Waals surface area (Å²) >= 11 is 0. The van der Waals surface area contributed by atoms with Gasteiger partial charge in [0.15, 0.2) is 0 Å². The van der Waals surface area contributed by atoms with Crippen molar-refractivity contribution in [2.45, 2.75) is 80.1 Å². The predicted molar refractivity (Wildman–Crippen MR) is 75.7 cm³/mol. The summed E-state index contributed by atoms with van der Waals surface area (Å²) in [7, 11) is 0. The number of rotatable bonds is 9. The first-order chi connectivity index (χ1) is 7.65. The molecule has 98 valence electrons. The molecule has 0 fully saturated rings. The summed E-state index contributed by atoms with van der Waals surface area (Å²) in [6.45, 7) is 14.3. The molecule has 0 aliphatic carbocycles. The summed E-state index contributed by atoms with van der Waals surface area (Å²) < 4.78 is 0. The van der Waals surface area contributed by atoms with Gasteiger partial charge in [-0.05, 0) is 23.7 Å². The van der Waals surface area contributed by atoms with Crippen LogP contribution in [0.4, 0.5) is 0 Å². The van der Waals surface area contributed by atoms with Crippen molar-refractivity contribution >= 4 is 0 Å². The van der Waals surface area contributed by atoms with Gasteiger partial charge in [-0.15, -0.1) is 0 Å². The second-order valence-electron chi connectivity index (χ2n) is 5.49. The zero-order valence-corrected chi connectivity index (χ0v) is 12.6. The highest BCUT2D eigenvalue weighted by atomic mass is 14.3. The Morgan fingerprint density at radius 2 is 1.25 bits per heavy atom. The van der Waals surface area contributed by atoms with Crippen LogP contribution in [0.25, 0.3) is 0 Å². The topological polar surface area (TPSA) is 0 Å². The maximum atomic E-state index is 2.46. The molecule has 3 unspecified atom stereocenters. The van der Waals surface area contributed by atoms with Crippen LogP contribution in [0.2, 0.25) is 0 Å². The SMILES string of the molecule is CCCC(C(C)CC)C(CC)C(CC)CC. The third kappa shape index (κ3) is 4.47. The summed E-state index contributed by atoms with van der Waals surface area (Å²) in [5, 5.41) is 0. The van der Waals surface area contributed by atoms with Crippen molar-refractivity contribution in [1.82, 2.24) is 0 Å². The van der Waals surface area contributed by atoms with Crippen molar-refractivity contribution in [3.05, 3.63) is 0 Å². The molecular weight excluding hydrogens is 192 g/mol. The normalized spacial score (nSPS) is 17.4. The molecule has 0 aromatic heterocycles. The van der Waals surface area contributed by atoms with E-state index in [-0.39, 0.29) is 0 Å². The monoisotopic (exact) mass is 226 g/mol. The minimum atomic E-state index is 0.908. The highest BCUT2D eigenvalue weighted by Crippen LogP contribution is 2.37. The first kappa shape index (κ1) is 16.0. The smallest absolute Gasteiger partial charge is 0.0358 e. The van der Waals surface area contributed by atoms with Crippen LogP contribution in [-0.2, 0) is 0 Å². The van der Waals surface area contributed by atoms with Gasteiger partial charge in [0.1, 0.15) is 0 Å². The Morgan fingerprint density at radius 1 is 0.688 bits per heavy atom. The quantitative estimate of drug-likeness (QED) is 0.458. The molecule has 0 aromatic rings. The average Bonchev–Trinajstić information content (AvgIpc) is 2.32. The van der Waals surface area contributed by atoms with E-state index in [1.54, 1.807) is 0 Å². The van der Waals surface area contributed by atoms with E-state index >= 15 is 0 Å². The van der Waals surface area contributed by atoms with Crippen LogP contribution < -0.4 is 0 Å². The molecule has 3 atom stereocenters. The molecule has 0 bridgehead atoms. The molecule has 0 saturated heterocycles. The summed E-state index contributed by atoms with van der Waals surface area (Å²) in [6.07, 6.45) is 8.25. The van der Waals surface area contributed by atoms with Gasteiger partial charge in [0, 0.05) is 0 Å². The lowest BCUT2D eigenvalue weighted by molar-refractivity contribution is 0.141. The van der Waals surface area contributed by atoms with Crippen LogP contribution in [0.5, 0.6) is 0 Å². The van der Waals surface area contributed by atoms with Gasteiger partial charge in [-0.25, -0.2) is 0 Å². The van der Waals surface area contributed by atoms with Crippen LogP contribution in [-0.4, -0.2) is 0 Å². The van der Waals surface area contributed by atoms with Gasteiger partial charge in [0.25, 0.3) is 0 Å². The molecule has 16 heavy (non-hydrogen) atoms. The highest BCUT2D eigenvalue weighted by molar-refractivity contribution is 4.78. The van der Waals surface area contributed by atoms with Crippen LogP contribution in [0.15, 0.2) is 0 Å². The summed E-state index contributed by atoms with van der Waals surface area (Å²) in [5.41, 5.74) is 0. The third-order valence-corrected chi connectivity index (χ3v) is 4.67. The minimum absolute atomic E-state index is 0.908. The molecule has 0 N–H and O–H groups in total. The molecule has 0 heteroatoms. The summed E-state index contributed by atoms with van der Waals surface area (Å²) in [6, 6.07) is 0. The molecule has 0 amide bonds. The van der Waals surface area contributed by atoms with Crippen molar-refractivity contribution in [2.24, 2.45) is 23.7 Å². The summed E-state index contributed by atoms with van der Waals surface area (Å²) in [4.78, 5) is 0. The zero-order valence-electron chi connectivity index (χ0n) is 12.6. The standard InChI is InChI=1S/C16H34/c1-7-12-16(13(6)8-2)15(11-5)14(9-3)10-4/h13-16H,7-12H2,1-6H3. The fourth-order valence-electron chi connectivity index (χ4n) is 3.44. The van der Waals surface area contributed by atoms with E-state index in [1.807, 2.05) is 0 Å². The molecule has 0 saturated carbocycles. The lowest BCUT2D eigenvalue weighted by Gasteiger charge is -2.36. The lowest BCUT2D eigenvalue weighted by Crippen LogP contribution is -2.27. The molecule has 0 heterocycles. The van der Waals surface area contributed by atoms with Crippen molar-refractivity contribution in [3.63, 3.8) is 0 Å². The molecular formula is C16H34. The molecule has 0 aromatic carbocycles. The number of hydrogen-bond acceptors (Lipinski definition) is 0. The highest BCUT2D eigenvalue weighted by Gasteiger charge is 2.28. The second kappa shape index (κ2) is 9.07. The Bertz CT molecular complexity index is 146. The van der Waals surface area contributed by atoms with Gasteiger partial charge >= 0.3 is 0 Å². The van der Waals surface area contributed by atoms with Gasteiger partial charge in [-0.3, -0.25) is 0 Å². The first-order valence-corrected chi connectivity index (χ1v) is 7.65. The average molecular weight is 226 g/mol. The van der Waals surface area contributed by atoms with E-state index < -0.39 is 0 Å². The van der Waals surface area contributed by atoms with E-state index in [0.29, 0.717) is 0 Å². The Morgan fingerprint density at radius 3 is 1.56 bits per heavy atom. The number of hydrogen-bond donors (Lipinski definition) is 0. The van der Waals surface area contributed by atoms with Crippen LogP contribution >= 0.6 is 0 Å². The van der Waals surface area contributed by atoms with Gasteiger partial charge in [-0.1, -0.05) is 80.1 Å². The predicted octanol–water partition coefficient (Wildman–Crippen LogP) is 5.91. The first-order valence-electron chi connectivity index (χ1n) is 7.65. The van der Waals surface area contributed by atoms with E-state index in [9.17, 15) is 0 Å². The van der Waals surface area contributed by atoms with E-state index in [2.05, 4.69) is 41.5 Å². The largest absolute Gasteiger partial charge is 0.0654 e. The van der Waals surface area contributed by atoms with Gasteiger partial charge < -0.3 is 0 Å². The lowest BCUT2D eigenvalue weighted by atomic mass is 9.70. The molecule has 0 aliphatic rings. The Balaban J connectivity index is 4.67. The van der Waals surface area contributed by atoms with E-state index in [4.69, 9.17) is 0 Å². The molecule has 0 radical (unpaired) electrons. The molecule has 0 rings (SSSR count). The minimum Gasteiger partial charge on any atom is -0.0654 e. The van der Waals surface area contributed by atoms with Gasteiger partial charge in [-0.2, -0.15) is 0 Å². The summed E-state index contributed by atoms with van der Waals surface area (Å²) in [5.74, 6) is 3.79. The Hall–Kier alpha value is 0. The van der Waals surface area contributed by atoms with E-state index in [1.165, 1.54) is 38.5 Å². The van der Waals surface area contributed by atoms with Gasteiger partial charge in [0.2, 0.25) is 0 Å². The zero-order chi connectivity index (χ0) is 12.6. The Labute approximate surface area is 104 Å². The van der Waals surface area contributed by atoms with Crippen molar-refractivity contribution < 1.29 is 0 Å². The van der Waals surface area contributed by atoms with Crippen molar-refractivity contribution in [3.8, 4) is 0 Å². The van der Waals surface area contributed by atoms with Crippen molar-refractivity contribution in [1.29, 1.82) is 0 Å². The fourth-order valence-corrected chi connectivity index (χ4v) is 3.44. The maximum Gasteiger partial charge on any atom is -0.0358 e. The van der Waals surface area contributed by atoms with E-state index in [0.717, 1.165) is 23.7 Å². The fraction of sp³-hybridized carbons (Fsp3) is 1.00. The molecule has 0 nitrogen and oxygen atoms in total. The van der Waals surface area contributed by atoms with Crippen molar-refractivity contribution in [2.75, 3.05) is 0 Å².